The molecule has 40 heavy (non-hydrogen) atoms. The molecule has 1 atom stereocenters. The van der Waals surface area contributed by atoms with Crippen molar-refractivity contribution < 1.29 is 19.4 Å². The van der Waals surface area contributed by atoms with Crippen molar-refractivity contribution in [2.24, 2.45) is 0 Å². The van der Waals surface area contributed by atoms with Crippen LogP contribution in [0.5, 0.6) is 5.75 Å². The molecule has 0 bridgehead atoms. The summed E-state index contributed by atoms with van der Waals surface area (Å²) in [5, 5.41) is 17.8. The lowest BCUT2D eigenvalue weighted by molar-refractivity contribution is -0.160. The van der Waals surface area contributed by atoms with Gasteiger partial charge in [-0.25, -0.2) is 4.79 Å². The van der Waals surface area contributed by atoms with Gasteiger partial charge in [-0.2, -0.15) is 5.10 Å². The average Bonchev–Trinajstić information content (AvgIpc) is 3.25. The van der Waals surface area contributed by atoms with Crippen LogP contribution in [-0.2, 0) is 16.0 Å². The molecule has 3 heterocycles. The number of carbonyl (C=O) groups is 1. The maximum atomic E-state index is 12.7. The molecule has 0 saturated heterocycles. The number of nitrogens with one attached hydrogen (secondary N) is 1. The van der Waals surface area contributed by atoms with Crippen molar-refractivity contribution in [3.63, 3.8) is 0 Å². The minimum atomic E-state index is -1.18. The number of hydrogen-bond donors (Lipinski definition) is 2. The van der Waals surface area contributed by atoms with E-state index in [1.807, 2.05) is 72.7 Å². The van der Waals surface area contributed by atoms with Crippen molar-refractivity contribution in [1.82, 2.24) is 15.2 Å². The Morgan fingerprint density at radius 3 is 2.40 bits per heavy atom. The molecule has 2 N–H and O–H groups in total. The second kappa shape index (κ2) is 10.5. The second-order valence-electron chi connectivity index (χ2n) is 11.6. The molecule has 0 aliphatic carbocycles. The molecule has 7 heteroatoms. The van der Waals surface area contributed by atoms with Crippen molar-refractivity contribution >= 4 is 5.97 Å². The van der Waals surface area contributed by atoms with Gasteiger partial charge in [0.25, 0.3) is 0 Å². The van der Waals surface area contributed by atoms with Gasteiger partial charge in [0.2, 0.25) is 0 Å². The number of ether oxygens (including phenoxy) is 2. The molecule has 0 unspecified atom stereocenters. The van der Waals surface area contributed by atoms with Gasteiger partial charge in [0.1, 0.15) is 5.75 Å². The van der Waals surface area contributed by atoms with Crippen LogP contribution in [0, 0.1) is 27.7 Å². The summed E-state index contributed by atoms with van der Waals surface area (Å²) in [6.07, 6.45) is 0.693. The fourth-order valence-electron chi connectivity index (χ4n) is 5.69. The van der Waals surface area contributed by atoms with Gasteiger partial charge in [0.15, 0.2) is 6.10 Å². The highest BCUT2D eigenvalue weighted by Crippen LogP contribution is 2.42. The number of rotatable bonds is 6. The summed E-state index contributed by atoms with van der Waals surface area (Å²) in [5.41, 5.74) is 10.2. The lowest BCUT2D eigenvalue weighted by Crippen LogP contribution is -2.28. The highest BCUT2D eigenvalue weighted by atomic mass is 16.5. The van der Waals surface area contributed by atoms with Crippen LogP contribution in [0.25, 0.3) is 33.5 Å². The number of aromatic amines is 1. The smallest absolute Gasteiger partial charge is 0.337 e. The number of aromatic nitrogens is 3. The molecule has 208 valence electrons. The van der Waals surface area contributed by atoms with Gasteiger partial charge in [-0.15, -0.1) is 0 Å². The standard InChI is InChI=1S/C33H37N3O4/c1-18-27(24-13-14-26-22(16-24)12-9-15-39-26)29(31(32(37)38)40-33(5,6)7)19(2)34-30(18)25-11-8-10-23(17-25)28-20(3)35-36-21(28)4/h8,10-11,13-14,16-17,31H,9,12,15H2,1-7H3,(H,35,36)(H,37,38)/t31-/m0/s1. The lowest BCUT2D eigenvalue weighted by atomic mass is 9.87. The van der Waals surface area contributed by atoms with E-state index in [9.17, 15) is 9.90 Å². The minimum absolute atomic E-state index is 0.582. The van der Waals surface area contributed by atoms with Gasteiger partial charge in [-0.05, 0) is 107 Å². The number of carboxylic acid groups (broad SMARTS) is 1. The first kappa shape index (κ1) is 27.6. The SMILES string of the molecule is Cc1n[nH]c(C)c1-c1cccc(-c2nc(C)c([C@H](OC(C)(C)C)C(=O)O)c(-c3ccc4c(c3)CCCO4)c2C)c1. The van der Waals surface area contributed by atoms with Crippen LogP contribution in [0.3, 0.4) is 0 Å². The predicted molar refractivity (Wildman–Crippen MR) is 157 cm³/mol. The third-order valence-electron chi connectivity index (χ3n) is 7.38. The Labute approximate surface area is 235 Å². The number of nitrogens with zero attached hydrogens (tertiary/aromatic N) is 2. The van der Waals surface area contributed by atoms with Crippen LogP contribution in [-0.4, -0.2) is 38.5 Å². The first-order chi connectivity index (χ1) is 18.9. The van der Waals surface area contributed by atoms with Gasteiger partial charge < -0.3 is 14.6 Å². The van der Waals surface area contributed by atoms with Gasteiger partial charge in [-0.3, -0.25) is 10.1 Å². The maximum absolute atomic E-state index is 12.7. The predicted octanol–water partition coefficient (Wildman–Crippen LogP) is 7.31. The fraction of sp³-hybridized carbons (Fsp3) is 0.364. The third-order valence-corrected chi connectivity index (χ3v) is 7.38. The normalized spacial score (nSPS) is 14.0. The molecule has 1 aliphatic rings. The van der Waals surface area contributed by atoms with Crippen LogP contribution in [0.1, 0.15) is 67.1 Å². The molecular weight excluding hydrogens is 502 g/mol. The number of aryl methyl sites for hydroxylation is 4. The average molecular weight is 540 g/mol. The molecule has 0 spiro atoms. The van der Waals surface area contributed by atoms with E-state index in [1.54, 1.807) is 0 Å². The highest BCUT2D eigenvalue weighted by Gasteiger charge is 2.33. The molecule has 0 amide bonds. The summed E-state index contributed by atoms with van der Waals surface area (Å²) in [5.74, 6) is -0.151. The number of benzene rings is 2. The topological polar surface area (TPSA) is 97.3 Å². The van der Waals surface area contributed by atoms with Crippen molar-refractivity contribution in [3.05, 3.63) is 76.2 Å². The zero-order chi connectivity index (χ0) is 28.8. The third kappa shape index (κ3) is 5.26. The number of H-pyrrole nitrogens is 1. The summed E-state index contributed by atoms with van der Waals surface area (Å²) >= 11 is 0. The zero-order valence-electron chi connectivity index (χ0n) is 24.3. The Hall–Kier alpha value is -3.97. The quantitative estimate of drug-likeness (QED) is 0.267. The lowest BCUT2D eigenvalue weighted by Gasteiger charge is -2.29. The minimum Gasteiger partial charge on any atom is -0.493 e. The van der Waals surface area contributed by atoms with E-state index in [0.29, 0.717) is 17.9 Å². The summed E-state index contributed by atoms with van der Waals surface area (Å²) < 4.78 is 12.0. The second-order valence-corrected chi connectivity index (χ2v) is 11.6. The summed E-state index contributed by atoms with van der Waals surface area (Å²) in [4.78, 5) is 17.7. The molecule has 2 aromatic carbocycles. The van der Waals surface area contributed by atoms with Crippen molar-refractivity contribution in [3.8, 4) is 39.3 Å². The number of hydrogen-bond acceptors (Lipinski definition) is 5. The Kier molecular flexibility index (Phi) is 7.27. The molecule has 5 rings (SSSR count). The van der Waals surface area contributed by atoms with Crippen molar-refractivity contribution in [2.45, 2.75) is 73.0 Å². The number of fused-ring (bicyclic) bond motifs is 1. The van der Waals surface area contributed by atoms with Crippen LogP contribution in [0.4, 0.5) is 0 Å². The maximum Gasteiger partial charge on any atom is 0.337 e. The Morgan fingerprint density at radius 1 is 1.00 bits per heavy atom. The number of aliphatic carboxylic acids is 1. The number of carboxylic acids is 1. The highest BCUT2D eigenvalue weighted by molar-refractivity contribution is 5.86. The Balaban J connectivity index is 1.76. The molecule has 1 aliphatic heterocycles. The fourth-order valence-corrected chi connectivity index (χ4v) is 5.69. The van der Waals surface area contributed by atoms with Crippen LogP contribution >= 0.6 is 0 Å². The van der Waals surface area contributed by atoms with Crippen LogP contribution in [0.15, 0.2) is 42.5 Å². The van der Waals surface area contributed by atoms with E-state index in [4.69, 9.17) is 14.5 Å². The molecular formula is C33H37N3O4. The van der Waals surface area contributed by atoms with E-state index in [1.165, 1.54) is 0 Å². The van der Waals surface area contributed by atoms with E-state index in [2.05, 4.69) is 28.4 Å². The molecule has 0 radical (unpaired) electrons. The molecule has 0 saturated carbocycles. The van der Waals surface area contributed by atoms with Crippen LogP contribution < -0.4 is 4.74 Å². The van der Waals surface area contributed by atoms with Gasteiger partial charge in [0, 0.05) is 28.1 Å². The molecule has 0 fully saturated rings. The summed E-state index contributed by atoms with van der Waals surface area (Å²) in [7, 11) is 0. The zero-order valence-corrected chi connectivity index (χ0v) is 24.3. The Bertz CT molecular complexity index is 1580. The van der Waals surface area contributed by atoms with E-state index < -0.39 is 17.7 Å². The summed E-state index contributed by atoms with van der Waals surface area (Å²) in [6.45, 7) is 14.2. The first-order valence-corrected chi connectivity index (χ1v) is 13.7. The first-order valence-electron chi connectivity index (χ1n) is 13.7. The van der Waals surface area contributed by atoms with Crippen molar-refractivity contribution in [1.29, 1.82) is 0 Å². The van der Waals surface area contributed by atoms with Crippen molar-refractivity contribution in [2.75, 3.05) is 6.61 Å². The van der Waals surface area contributed by atoms with E-state index in [0.717, 1.165) is 74.6 Å². The van der Waals surface area contributed by atoms with E-state index in [-0.39, 0.29) is 0 Å². The number of pyridine rings is 1. The Morgan fingerprint density at radius 2 is 1.73 bits per heavy atom. The van der Waals surface area contributed by atoms with Crippen LogP contribution in [0.2, 0.25) is 0 Å². The molecule has 4 aromatic rings. The summed E-state index contributed by atoms with van der Waals surface area (Å²) in [6, 6.07) is 14.4. The molecule has 7 nitrogen and oxygen atoms in total. The van der Waals surface area contributed by atoms with Gasteiger partial charge in [0.05, 0.1) is 23.6 Å². The van der Waals surface area contributed by atoms with Gasteiger partial charge >= 0.3 is 5.97 Å². The van der Waals surface area contributed by atoms with E-state index >= 15 is 0 Å². The largest absolute Gasteiger partial charge is 0.493 e. The monoisotopic (exact) mass is 539 g/mol. The molecule has 2 aromatic heterocycles. The van der Waals surface area contributed by atoms with Gasteiger partial charge in [-0.1, -0.05) is 24.3 Å².